The van der Waals surface area contributed by atoms with Crippen molar-refractivity contribution >= 4 is 5.97 Å². The first-order chi connectivity index (χ1) is 12.6. The fourth-order valence-corrected chi connectivity index (χ4v) is 2.79. The van der Waals surface area contributed by atoms with E-state index in [2.05, 4.69) is 6.92 Å². The fourth-order valence-electron chi connectivity index (χ4n) is 2.79. The lowest BCUT2D eigenvalue weighted by molar-refractivity contribution is -0.131. The first-order valence-electron chi connectivity index (χ1n) is 10.2. The maximum Gasteiger partial charge on any atom is 0.328 e. The Hall–Kier alpha value is -1.55. The summed E-state index contributed by atoms with van der Waals surface area (Å²) < 4.78 is 0. The molecule has 0 saturated carbocycles. The highest BCUT2D eigenvalue weighted by Crippen LogP contribution is 2.14. The van der Waals surface area contributed by atoms with Crippen molar-refractivity contribution in [3.8, 4) is 0 Å². The number of hydrogen-bond donors (Lipinski definition) is 3. The molecule has 26 heavy (non-hydrogen) atoms. The molecule has 1 atom stereocenters. The van der Waals surface area contributed by atoms with Gasteiger partial charge in [0.05, 0.1) is 0 Å². The fraction of sp³-hybridized carbons (Fsp3) is 0.682. The third-order valence-electron chi connectivity index (χ3n) is 4.40. The van der Waals surface area contributed by atoms with Crippen LogP contribution < -0.4 is 0 Å². The van der Waals surface area contributed by atoms with Gasteiger partial charge in [0.25, 0.3) is 0 Å². The standard InChI is InChI=1S/C22H38O4/c1-2-3-4-5-6-7-8-9-10-11-12-14-17-20(23)21(24)18-15-13-16-19-22(25)26/h13,15-16,18-20,23-24H,2-12,14,17H2,1H3,(H,25,26). The lowest BCUT2D eigenvalue weighted by Crippen LogP contribution is -2.09. The zero-order valence-electron chi connectivity index (χ0n) is 16.4. The molecule has 0 amide bonds. The van der Waals surface area contributed by atoms with Crippen molar-refractivity contribution in [2.45, 2.75) is 96.5 Å². The minimum absolute atomic E-state index is 0.0759. The summed E-state index contributed by atoms with van der Waals surface area (Å²) in [4.78, 5) is 10.3. The zero-order valence-corrected chi connectivity index (χ0v) is 16.4. The first kappa shape index (κ1) is 24.5. The van der Waals surface area contributed by atoms with Crippen molar-refractivity contribution in [2.24, 2.45) is 0 Å². The Morgan fingerprint density at radius 2 is 1.27 bits per heavy atom. The SMILES string of the molecule is CCCCCCCCCCCCCCC(O)C(O)=CC=CC=CC(=O)O. The second kappa shape index (κ2) is 18.2. The first-order valence-corrected chi connectivity index (χ1v) is 10.2. The number of aliphatic hydroxyl groups is 2. The van der Waals surface area contributed by atoms with E-state index in [0.29, 0.717) is 6.42 Å². The summed E-state index contributed by atoms with van der Waals surface area (Å²) in [5, 5.41) is 28.0. The number of aliphatic hydroxyl groups excluding tert-OH is 2. The Kier molecular flexibility index (Phi) is 17.2. The van der Waals surface area contributed by atoms with E-state index >= 15 is 0 Å². The maximum absolute atomic E-state index is 10.3. The Morgan fingerprint density at radius 3 is 1.77 bits per heavy atom. The molecule has 0 aromatic carbocycles. The van der Waals surface area contributed by atoms with E-state index in [-0.39, 0.29) is 5.76 Å². The summed E-state index contributed by atoms with van der Waals surface area (Å²) in [5.74, 6) is -1.09. The summed E-state index contributed by atoms with van der Waals surface area (Å²) in [6, 6.07) is 0. The summed E-state index contributed by atoms with van der Waals surface area (Å²) >= 11 is 0. The topological polar surface area (TPSA) is 77.8 Å². The minimum Gasteiger partial charge on any atom is -0.510 e. The number of carboxylic acids is 1. The van der Waals surface area contributed by atoms with Gasteiger partial charge in [-0.1, -0.05) is 102 Å². The number of aliphatic carboxylic acids is 1. The molecule has 0 aromatic rings. The molecule has 0 aromatic heterocycles. The molecule has 0 rings (SSSR count). The molecule has 0 saturated heterocycles. The van der Waals surface area contributed by atoms with E-state index in [9.17, 15) is 15.0 Å². The Bertz CT molecular complexity index is 424. The van der Waals surface area contributed by atoms with Gasteiger partial charge in [0.1, 0.15) is 11.9 Å². The largest absolute Gasteiger partial charge is 0.510 e. The second-order valence-corrected chi connectivity index (χ2v) is 6.87. The molecule has 0 spiro atoms. The average Bonchev–Trinajstić information content (AvgIpc) is 2.61. The quantitative estimate of drug-likeness (QED) is 0.126. The molecule has 0 heterocycles. The van der Waals surface area contributed by atoms with Crippen LogP contribution >= 0.6 is 0 Å². The van der Waals surface area contributed by atoms with Crippen LogP contribution in [0.4, 0.5) is 0 Å². The van der Waals surface area contributed by atoms with Gasteiger partial charge in [-0.3, -0.25) is 0 Å². The normalized spacial score (nSPS) is 13.7. The van der Waals surface area contributed by atoms with Crippen LogP contribution in [0, 0.1) is 0 Å². The molecule has 150 valence electrons. The molecular formula is C22H38O4. The number of carbonyl (C=O) groups is 1. The summed E-state index contributed by atoms with van der Waals surface area (Å²) in [7, 11) is 0. The highest BCUT2D eigenvalue weighted by atomic mass is 16.4. The van der Waals surface area contributed by atoms with E-state index in [1.54, 1.807) is 0 Å². The number of carboxylic acid groups (broad SMARTS) is 1. The summed E-state index contributed by atoms with van der Waals surface area (Å²) in [5.41, 5.74) is 0. The van der Waals surface area contributed by atoms with Gasteiger partial charge in [-0.2, -0.15) is 0 Å². The summed E-state index contributed by atoms with van der Waals surface area (Å²) in [6.07, 6.45) is 21.7. The lowest BCUT2D eigenvalue weighted by atomic mass is 10.0. The Morgan fingerprint density at radius 1 is 0.769 bits per heavy atom. The lowest BCUT2D eigenvalue weighted by Gasteiger charge is -2.09. The van der Waals surface area contributed by atoms with Gasteiger partial charge in [-0.05, 0) is 12.5 Å². The molecule has 0 fully saturated rings. The van der Waals surface area contributed by atoms with Crippen molar-refractivity contribution in [2.75, 3.05) is 0 Å². The van der Waals surface area contributed by atoms with Gasteiger partial charge in [0.15, 0.2) is 0 Å². The van der Waals surface area contributed by atoms with Gasteiger partial charge in [0.2, 0.25) is 0 Å². The highest BCUT2D eigenvalue weighted by Gasteiger charge is 2.07. The molecule has 0 aliphatic carbocycles. The van der Waals surface area contributed by atoms with Crippen molar-refractivity contribution in [3.63, 3.8) is 0 Å². The molecule has 0 aliphatic rings. The molecule has 0 radical (unpaired) electrons. The van der Waals surface area contributed by atoms with Gasteiger partial charge >= 0.3 is 5.97 Å². The predicted octanol–water partition coefficient (Wildman–Crippen LogP) is 6.08. The number of unbranched alkanes of at least 4 members (excludes halogenated alkanes) is 11. The number of rotatable bonds is 17. The summed E-state index contributed by atoms with van der Waals surface area (Å²) in [6.45, 7) is 2.25. The monoisotopic (exact) mass is 366 g/mol. The molecule has 1 unspecified atom stereocenters. The van der Waals surface area contributed by atoms with Crippen LogP contribution in [-0.4, -0.2) is 27.4 Å². The van der Waals surface area contributed by atoms with Crippen molar-refractivity contribution < 1.29 is 20.1 Å². The number of allylic oxidation sites excluding steroid dienone is 4. The van der Waals surface area contributed by atoms with Crippen molar-refractivity contribution in [3.05, 3.63) is 36.1 Å². The van der Waals surface area contributed by atoms with Crippen LogP contribution in [0.5, 0.6) is 0 Å². The molecule has 0 aliphatic heterocycles. The van der Waals surface area contributed by atoms with Crippen LogP contribution in [0.15, 0.2) is 36.1 Å². The molecule has 3 N–H and O–H groups in total. The van der Waals surface area contributed by atoms with Gasteiger partial charge < -0.3 is 15.3 Å². The Balaban J connectivity index is 3.55. The Labute approximate surface area is 159 Å². The molecule has 0 bridgehead atoms. The van der Waals surface area contributed by atoms with Crippen LogP contribution in [0.25, 0.3) is 0 Å². The van der Waals surface area contributed by atoms with Gasteiger partial charge in [-0.25, -0.2) is 4.79 Å². The second-order valence-electron chi connectivity index (χ2n) is 6.87. The van der Waals surface area contributed by atoms with Crippen molar-refractivity contribution in [1.29, 1.82) is 0 Å². The number of hydrogen-bond acceptors (Lipinski definition) is 3. The van der Waals surface area contributed by atoms with E-state index in [4.69, 9.17) is 5.11 Å². The van der Waals surface area contributed by atoms with Gasteiger partial charge in [-0.15, -0.1) is 0 Å². The van der Waals surface area contributed by atoms with Crippen molar-refractivity contribution in [1.82, 2.24) is 0 Å². The minimum atomic E-state index is -1.02. The van der Waals surface area contributed by atoms with E-state index in [1.165, 1.54) is 88.5 Å². The molecule has 4 nitrogen and oxygen atoms in total. The van der Waals surface area contributed by atoms with Crippen LogP contribution in [0.2, 0.25) is 0 Å². The third kappa shape index (κ3) is 17.3. The van der Waals surface area contributed by atoms with Gasteiger partial charge in [0, 0.05) is 6.08 Å². The van der Waals surface area contributed by atoms with E-state index in [1.807, 2.05) is 0 Å². The average molecular weight is 367 g/mol. The maximum atomic E-state index is 10.3. The predicted molar refractivity (Wildman–Crippen MR) is 108 cm³/mol. The molecular weight excluding hydrogens is 328 g/mol. The van der Waals surface area contributed by atoms with Crippen LogP contribution in [0.1, 0.15) is 90.4 Å². The van der Waals surface area contributed by atoms with Crippen LogP contribution in [0.3, 0.4) is 0 Å². The van der Waals surface area contributed by atoms with Crippen LogP contribution in [-0.2, 0) is 4.79 Å². The molecule has 4 heteroatoms. The van der Waals surface area contributed by atoms with E-state index < -0.39 is 12.1 Å². The third-order valence-corrected chi connectivity index (χ3v) is 4.40. The van der Waals surface area contributed by atoms with E-state index in [0.717, 1.165) is 18.9 Å². The smallest absolute Gasteiger partial charge is 0.328 e. The highest BCUT2D eigenvalue weighted by molar-refractivity contribution is 5.80. The zero-order chi connectivity index (χ0) is 19.5.